The van der Waals surface area contributed by atoms with E-state index in [0.717, 1.165) is 24.1 Å². The summed E-state index contributed by atoms with van der Waals surface area (Å²) in [6, 6.07) is 10.5. The lowest BCUT2D eigenvalue weighted by Gasteiger charge is -2.24. The van der Waals surface area contributed by atoms with Crippen LogP contribution in [-0.2, 0) is 0 Å². The number of rotatable bonds is 8. The van der Waals surface area contributed by atoms with Crippen molar-refractivity contribution < 1.29 is 24.1 Å². The van der Waals surface area contributed by atoms with Crippen molar-refractivity contribution >= 4 is 23.2 Å². The minimum atomic E-state index is -0.274. The molecule has 0 saturated carbocycles. The van der Waals surface area contributed by atoms with Gasteiger partial charge in [0.05, 0.1) is 36.6 Å². The lowest BCUT2D eigenvalue weighted by atomic mass is 10.0. The van der Waals surface area contributed by atoms with E-state index in [2.05, 4.69) is 5.10 Å². The van der Waals surface area contributed by atoms with Gasteiger partial charge in [0.25, 0.3) is 5.91 Å². The summed E-state index contributed by atoms with van der Waals surface area (Å²) in [5, 5.41) is 15.2. The van der Waals surface area contributed by atoms with Crippen molar-refractivity contribution in [2.45, 2.75) is 19.8 Å². The molecule has 0 fully saturated rings. The number of aliphatic hydroxyl groups is 1. The number of hydrogen-bond donors (Lipinski definition) is 1. The van der Waals surface area contributed by atoms with Crippen LogP contribution in [0.5, 0.6) is 17.2 Å². The third-order valence-electron chi connectivity index (χ3n) is 4.59. The van der Waals surface area contributed by atoms with Crippen LogP contribution in [0.1, 0.15) is 35.7 Å². The van der Waals surface area contributed by atoms with Crippen molar-refractivity contribution in [3.05, 3.63) is 52.5 Å². The van der Waals surface area contributed by atoms with Gasteiger partial charge in [-0.25, -0.2) is 5.01 Å². The first-order valence-electron chi connectivity index (χ1n) is 9.81. The molecule has 1 aliphatic rings. The molecule has 30 heavy (non-hydrogen) atoms. The molecule has 0 atom stereocenters. The number of methoxy groups -OCH3 is 1. The first-order valence-corrected chi connectivity index (χ1v) is 10.2. The third kappa shape index (κ3) is 5.04. The highest BCUT2D eigenvalue weighted by Gasteiger charge is 2.23. The van der Waals surface area contributed by atoms with Gasteiger partial charge in [-0.1, -0.05) is 11.6 Å². The van der Waals surface area contributed by atoms with Gasteiger partial charge < -0.3 is 19.3 Å². The number of halogens is 1. The van der Waals surface area contributed by atoms with E-state index in [1.165, 1.54) is 5.01 Å². The number of benzene rings is 2. The standard InChI is InChI=1S/C22H25ClN2O5/c1-3-29-21-13-15(6-9-20(21)28-2)19-5-4-10-25(24-19)22(27)17-8-7-16(14-18(17)23)30-12-11-26/h6-9,13-14,26H,3-5,10-12H2,1-2H3. The van der Waals surface area contributed by atoms with Crippen LogP contribution < -0.4 is 14.2 Å². The molecule has 0 unspecified atom stereocenters. The van der Waals surface area contributed by atoms with Gasteiger partial charge >= 0.3 is 0 Å². The maximum atomic E-state index is 13.0. The van der Waals surface area contributed by atoms with Crippen LogP contribution in [0.15, 0.2) is 41.5 Å². The monoisotopic (exact) mass is 432 g/mol. The molecule has 1 heterocycles. The van der Waals surface area contributed by atoms with Gasteiger partial charge in [-0.05, 0) is 56.2 Å². The lowest BCUT2D eigenvalue weighted by molar-refractivity contribution is 0.0751. The van der Waals surface area contributed by atoms with Crippen LogP contribution in [0.3, 0.4) is 0 Å². The average Bonchev–Trinajstić information content (AvgIpc) is 2.77. The smallest absolute Gasteiger partial charge is 0.275 e. The highest BCUT2D eigenvalue weighted by Crippen LogP contribution is 2.30. The predicted molar refractivity (Wildman–Crippen MR) is 115 cm³/mol. The van der Waals surface area contributed by atoms with E-state index in [1.807, 2.05) is 25.1 Å². The van der Waals surface area contributed by atoms with Crippen molar-refractivity contribution in [1.29, 1.82) is 0 Å². The molecule has 0 bridgehead atoms. The normalized spacial score (nSPS) is 13.6. The van der Waals surface area contributed by atoms with E-state index in [4.69, 9.17) is 30.9 Å². The first-order chi connectivity index (χ1) is 14.6. The van der Waals surface area contributed by atoms with E-state index in [1.54, 1.807) is 25.3 Å². The maximum absolute atomic E-state index is 13.0. The zero-order valence-corrected chi connectivity index (χ0v) is 17.8. The Bertz CT molecular complexity index is 932. The molecule has 0 aliphatic carbocycles. The summed E-state index contributed by atoms with van der Waals surface area (Å²) in [5.41, 5.74) is 2.04. The Morgan fingerprint density at radius 1 is 1.20 bits per heavy atom. The van der Waals surface area contributed by atoms with Crippen LogP contribution in [0.2, 0.25) is 5.02 Å². The van der Waals surface area contributed by atoms with E-state index < -0.39 is 0 Å². The van der Waals surface area contributed by atoms with Crippen LogP contribution in [0.4, 0.5) is 0 Å². The quantitative estimate of drug-likeness (QED) is 0.687. The molecular weight excluding hydrogens is 408 g/mol. The van der Waals surface area contributed by atoms with E-state index >= 15 is 0 Å². The summed E-state index contributed by atoms with van der Waals surface area (Å²) < 4.78 is 16.3. The summed E-state index contributed by atoms with van der Waals surface area (Å²) in [5.74, 6) is 1.52. The Balaban J connectivity index is 1.83. The zero-order valence-electron chi connectivity index (χ0n) is 17.1. The first kappa shape index (κ1) is 21.9. The van der Waals surface area contributed by atoms with Crippen molar-refractivity contribution in [3.8, 4) is 17.2 Å². The Morgan fingerprint density at radius 2 is 2.03 bits per heavy atom. The van der Waals surface area contributed by atoms with Crippen LogP contribution in [0.25, 0.3) is 0 Å². The summed E-state index contributed by atoms with van der Waals surface area (Å²) >= 11 is 6.30. The summed E-state index contributed by atoms with van der Waals surface area (Å²) in [6.45, 7) is 3.01. The largest absolute Gasteiger partial charge is 0.493 e. The Labute approximate surface area is 180 Å². The van der Waals surface area contributed by atoms with E-state index in [0.29, 0.717) is 36.0 Å². The fourth-order valence-electron chi connectivity index (χ4n) is 3.18. The number of carbonyl (C=O) groups is 1. The minimum Gasteiger partial charge on any atom is -0.493 e. The molecule has 1 aliphatic heterocycles. The fourth-order valence-corrected chi connectivity index (χ4v) is 3.43. The van der Waals surface area contributed by atoms with Crippen molar-refractivity contribution in [2.75, 3.05) is 33.5 Å². The SMILES string of the molecule is CCOc1cc(C2=NN(C(=O)c3ccc(OCCO)cc3Cl)CCC2)ccc1OC. The van der Waals surface area contributed by atoms with Gasteiger partial charge in [0, 0.05) is 12.1 Å². The molecule has 1 N–H and O–H groups in total. The molecule has 0 aromatic heterocycles. The number of carbonyl (C=O) groups excluding carboxylic acids is 1. The molecule has 2 aromatic rings. The van der Waals surface area contributed by atoms with Gasteiger partial charge in [-0.15, -0.1) is 0 Å². The topological polar surface area (TPSA) is 80.6 Å². The van der Waals surface area contributed by atoms with Crippen LogP contribution in [-0.4, -0.2) is 55.2 Å². The Kier molecular flexibility index (Phi) is 7.54. The summed E-state index contributed by atoms with van der Waals surface area (Å²) in [7, 11) is 1.60. The summed E-state index contributed by atoms with van der Waals surface area (Å²) in [4.78, 5) is 13.0. The van der Waals surface area contributed by atoms with E-state index in [9.17, 15) is 4.79 Å². The van der Waals surface area contributed by atoms with Gasteiger partial charge in [0.15, 0.2) is 11.5 Å². The zero-order chi connectivity index (χ0) is 21.5. The lowest BCUT2D eigenvalue weighted by Crippen LogP contribution is -2.32. The molecule has 0 spiro atoms. The fraction of sp³-hybridized carbons (Fsp3) is 0.364. The average molecular weight is 433 g/mol. The van der Waals surface area contributed by atoms with E-state index in [-0.39, 0.29) is 24.1 Å². The number of nitrogens with zero attached hydrogens (tertiary/aromatic N) is 2. The third-order valence-corrected chi connectivity index (χ3v) is 4.90. The van der Waals surface area contributed by atoms with Gasteiger partial charge in [0.1, 0.15) is 12.4 Å². The number of ether oxygens (including phenoxy) is 3. The van der Waals surface area contributed by atoms with Crippen molar-refractivity contribution in [1.82, 2.24) is 5.01 Å². The molecule has 0 saturated heterocycles. The second-order valence-electron chi connectivity index (χ2n) is 6.59. The van der Waals surface area contributed by atoms with Gasteiger partial charge in [0.2, 0.25) is 0 Å². The second-order valence-corrected chi connectivity index (χ2v) is 7.00. The molecular formula is C22H25ClN2O5. The minimum absolute atomic E-state index is 0.0973. The molecule has 0 radical (unpaired) electrons. The Morgan fingerprint density at radius 3 is 2.73 bits per heavy atom. The van der Waals surface area contributed by atoms with Crippen LogP contribution in [0, 0.1) is 0 Å². The van der Waals surface area contributed by atoms with Gasteiger partial charge in [-0.2, -0.15) is 5.10 Å². The van der Waals surface area contributed by atoms with Crippen molar-refractivity contribution in [2.24, 2.45) is 5.10 Å². The summed E-state index contributed by atoms with van der Waals surface area (Å²) in [6.07, 6.45) is 1.54. The molecule has 2 aromatic carbocycles. The number of aliphatic hydroxyl groups excluding tert-OH is 1. The predicted octanol–water partition coefficient (Wildman–Crippen LogP) is 3.76. The number of hydrazone groups is 1. The highest BCUT2D eigenvalue weighted by molar-refractivity contribution is 6.34. The maximum Gasteiger partial charge on any atom is 0.275 e. The number of amides is 1. The number of hydrogen-bond acceptors (Lipinski definition) is 6. The van der Waals surface area contributed by atoms with Crippen molar-refractivity contribution in [3.63, 3.8) is 0 Å². The molecule has 160 valence electrons. The van der Waals surface area contributed by atoms with Crippen LogP contribution >= 0.6 is 11.6 Å². The second kappa shape index (κ2) is 10.3. The molecule has 7 nitrogen and oxygen atoms in total. The Hall–Kier alpha value is -2.77. The van der Waals surface area contributed by atoms with Gasteiger partial charge in [-0.3, -0.25) is 4.79 Å². The molecule has 1 amide bonds. The molecule has 3 rings (SSSR count). The molecule has 8 heteroatoms. The highest BCUT2D eigenvalue weighted by atomic mass is 35.5.